The third-order valence-electron chi connectivity index (χ3n) is 0.812. The van der Waals surface area contributed by atoms with Gasteiger partial charge in [0, 0.05) is 6.42 Å². The fourth-order valence-corrected chi connectivity index (χ4v) is 0.845. The van der Waals surface area contributed by atoms with Crippen molar-refractivity contribution in [3.63, 3.8) is 0 Å². The molecule has 4 heteroatoms. The van der Waals surface area contributed by atoms with Crippen LogP contribution in [0.4, 0.5) is 0 Å². The van der Waals surface area contributed by atoms with Crippen LogP contribution in [0.3, 0.4) is 0 Å². The van der Waals surface area contributed by atoms with E-state index in [1.54, 1.807) is 13.0 Å². The smallest absolute Gasteiger partial charge is 0.223 e. The van der Waals surface area contributed by atoms with Crippen LogP contribution < -0.4 is 0 Å². The van der Waals surface area contributed by atoms with E-state index in [1.165, 1.54) is 0 Å². The van der Waals surface area contributed by atoms with E-state index < -0.39 is 3.23 Å². The van der Waals surface area contributed by atoms with Crippen molar-refractivity contribution in [1.29, 1.82) is 5.26 Å². The molecule has 0 aliphatic heterocycles. The molecule has 0 aliphatic carbocycles. The van der Waals surface area contributed by atoms with Gasteiger partial charge in [-0.3, -0.25) is 4.79 Å². The predicted molar refractivity (Wildman–Crippen MR) is 41.5 cm³/mol. The third kappa shape index (κ3) is 2.46. The Morgan fingerprint density at radius 1 is 1.78 bits per heavy atom. The van der Waals surface area contributed by atoms with Crippen molar-refractivity contribution in [2.45, 2.75) is 16.6 Å². The first-order valence-corrected chi connectivity index (χ1v) is 3.95. The van der Waals surface area contributed by atoms with E-state index in [2.05, 4.69) is 31.9 Å². The van der Waals surface area contributed by atoms with E-state index >= 15 is 0 Å². The summed E-state index contributed by atoms with van der Waals surface area (Å²) in [6, 6.07) is 1.78. The molecule has 0 spiro atoms. The van der Waals surface area contributed by atoms with E-state index in [-0.39, 0.29) is 5.78 Å². The molecule has 9 heavy (non-hydrogen) atoms. The van der Waals surface area contributed by atoms with Crippen molar-refractivity contribution in [3.8, 4) is 6.07 Å². The Morgan fingerprint density at radius 3 is 2.33 bits per heavy atom. The zero-order valence-corrected chi connectivity index (χ0v) is 7.99. The number of hydrogen-bond acceptors (Lipinski definition) is 2. The van der Waals surface area contributed by atoms with E-state index in [0.29, 0.717) is 6.42 Å². The maximum atomic E-state index is 10.7. The minimum atomic E-state index is -1.16. The zero-order chi connectivity index (χ0) is 7.49. The van der Waals surface area contributed by atoms with Crippen LogP contribution in [-0.4, -0.2) is 9.02 Å². The Morgan fingerprint density at radius 2 is 2.22 bits per heavy atom. The summed E-state index contributed by atoms with van der Waals surface area (Å²) in [6.07, 6.45) is 0.351. The molecule has 0 atom stereocenters. The lowest BCUT2D eigenvalue weighted by atomic mass is 10.2. The molecule has 0 fully saturated rings. The molecule has 0 aromatic carbocycles. The largest absolute Gasteiger partial charge is 0.296 e. The van der Waals surface area contributed by atoms with Gasteiger partial charge in [-0.1, -0.05) is 6.92 Å². The second-order valence-electron chi connectivity index (χ2n) is 1.46. The van der Waals surface area contributed by atoms with Gasteiger partial charge in [0.25, 0.3) is 0 Å². The summed E-state index contributed by atoms with van der Waals surface area (Å²) in [5, 5.41) is 8.33. The minimum absolute atomic E-state index is 0.162. The van der Waals surface area contributed by atoms with Gasteiger partial charge < -0.3 is 0 Å². The van der Waals surface area contributed by atoms with Gasteiger partial charge in [-0.25, -0.2) is 0 Å². The van der Waals surface area contributed by atoms with E-state index in [9.17, 15) is 4.79 Å². The van der Waals surface area contributed by atoms with E-state index in [0.717, 1.165) is 0 Å². The number of ketones is 1. The first-order valence-electron chi connectivity index (χ1n) is 2.37. The van der Waals surface area contributed by atoms with Crippen LogP contribution in [0.1, 0.15) is 13.3 Å². The van der Waals surface area contributed by atoms with Gasteiger partial charge in [-0.05, 0) is 31.9 Å². The van der Waals surface area contributed by atoms with E-state index in [4.69, 9.17) is 5.26 Å². The lowest BCUT2D eigenvalue weighted by Gasteiger charge is -2.05. The number of rotatable bonds is 2. The molecule has 0 aromatic rings. The highest BCUT2D eigenvalue weighted by molar-refractivity contribution is 9.26. The van der Waals surface area contributed by atoms with Gasteiger partial charge in [0.1, 0.15) is 6.07 Å². The second kappa shape index (κ2) is 3.33. The summed E-state index contributed by atoms with van der Waals surface area (Å²) in [6.45, 7) is 1.71. The number of hydrogen-bond donors (Lipinski definition) is 0. The molecule has 0 aromatic heterocycles. The average Bonchev–Trinajstić information content (AvgIpc) is 1.86. The molecule has 0 bridgehead atoms. The lowest BCUT2D eigenvalue weighted by molar-refractivity contribution is -0.117. The molecule has 0 radical (unpaired) electrons. The first-order chi connectivity index (χ1) is 4.04. The molecular weight excluding hydrogens is 250 g/mol. The van der Waals surface area contributed by atoms with Crippen molar-refractivity contribution in [2.75, 3.05) is 0 Å². The fraction of sp³-hybridized carbons (Fsp3) is 0.600. The molecule has 0 saturated heterocycles. The topological polar surface area (TPSA) is 40.9 Å². The Labute approximate surface area is 70.5 Å². The molecule has 50 valence electrons. The maximum absolute atomic E-state index is 10.7. The molecule has 0 unspecified atom stereocenters. The summed E-state index contributed by atoms with van der Waals surface area (Å²) >= 11 is 5.83. The molecule has 0 amide bonds. The zero-order valence-electron chi connectivity index (χ0n) is 4.82. The van der Waals surface area contributed by atoms with Crippen LogP contribution in [0.25, 0.3) is 0 Å². The highest BCUT2D eigenvalue weighted by Gasteiger charge is 2.29. The molecular formula is C5H5Br2NO. The van der Waals surface area contributed by atoms with Gasteiger partial charge in [0.05, 0.1) is 0 Å². The highest BCUT2D eigenvalue weighted by atomic mass is 79.9. The van der Waals surface area contributed by atoms with Gasteiger partial charge in [-0.15, -0.1) is 0 Å². The van der Waals surface area contributed by atoms with Crippen LogP contribution >= 0.6 is 31.9 Å². The number of nitriles is 1. The molecule has 0 rings (SSSR count). The number of nitrogens with zero attached hydrogens (tertiary/aromatic N) is 1. The lowest BCUT2D eigenvalue weighted by Crippen LogP contribution is -2.20. The average molecular weight is 255 g/mol. The molecule has 0 N–H and O–H groups in total. The van der Waals surface area contributed by atoms with Crippen LogP contribution in [-0.2, 0) is 4.79 Å². The minimum Gasteiger partial charge on any atom is -0.296 e. The summed E-state index contributed by atoms with van der Waals surface area (Å²) in [5.74, 6) is -0.162. The summed E-state index contributed by atoms with van der Waals surface area (Å²) in [7, 11) is 0. The van der Waals surface area contributed by atoms with Crippen LogP contribution in [0, 0.1) is 11.3 Å². The first kappa shape index (κ1) is 9.12. The number of carbonyl (C=O) groups is 1. The number of alkyl halides is 2. The van der Waals surface area contributed by atoms with E-state index in [1.807, 2.05) is 0 Å². The Bertz CT molecular complexity index is 159. The highest BCUT2D eigenvalue weighted by Crippen LogP contribution is 2.26. The molecule has 0 saturated carbocycles. The van der Waals surface area contributed by atoms with Gasteiger partial charge in [0.2, 0.25) is 3.23 Å². The van der Waals surface area contributed by atoms with Crippen molar-refractivity contribution in [2.24, 2.45) is 0 Å². The Hall–Kier alpha value is 0.120. The Balaban J connectivity index is 4.19. The summed E-state index contributed by atoms with van der Waals surface area (Å²) < 4.78 is -1.16. The second-order valence-corrected chi connectivity index (χ2v) is 4.91. The standard InChI is InChI=1S/C5H5Br2NO/c1-2-4(9)5(6,7)3-8/h2H2,1H3. The van der Waals surface area contributed by atoms with Gasteiger partial charge in [-0.2, -0.15) is 5.26 Å². The molecule has 0 aliphatic rings. The number of carbonyl (C=O) groups excluding carboxylic acids is 1. The Kier molecular flexibility index (Phi) is 3.37. The van der Waals surface area contributed by atoms with Crippen molar-refractivity contribution in [1.82, 2.24) is 0 Å². The SMILES string of the molecule is CCC(=O)C(Br)(Br)C#N. The van der Waals surface area contributed by atoms with Crippen molar-refractivity contribution in [3.05, 3.63) is 0 Å². The monoisotopic (exact) mass is 253 g/mol. The fourth-order valence-electron chi connectivity index (χ4n) is 0.284. The predicted octanol–water partition coefficient (Wildman–Crippen LogP) is 1.98. The van der Waals surface area contributed by atoms with Crippen LogP contribution in [0.2, 0.25) is 0 Å². The van der Waals surface area contributed by atoms with Crippen LogP contribution in [0.5, 0.6) is 0 Å². The molecule has 0 heterocycles. The third-order valence-corrected chi connectivity index (χ3v) is 2.05. The van der Waals surface area contributed by atoms with Gasteiger partial charge >= 0.3 is 0 Å². The van der Waals surface area contributed by atoms with Crippen molar-refractivity contribution >= 4 is 37.6 Å². The van der Waals surface area contributed by atoms with Gasteiger partial charge in [0.15, 0.2) is 5.78 Å². The molecule has 2 nitrogen and oxygen atoms in total. The van der Waals surface area contributed by atoms with Crippen LogP contribution in [0.15, 0.2) is 0 Å². The number of Topliss-reactive ketones (excluding diaryl/α,β-unsaturated/α-hetero) is 1. The quantitative estimate of drug-likeness (QED) is 0.707. The summed E-state index contributed by atoms with van der Waals surface area (Å²) in [5.41, 5.74) is 0. The summed E-state index contributed by atoms with van der Waals surface area (Å²) in [4.78, 5) is 10.7. The normalized spacial score (nSPS) is 10.4. The number of halogens is 2. The van der Waals surface area contributed by atoms with Crippen molar-refractivity contribution < 1.29 is 4.79 Å². The maximum Gasteiger partial charge on any atom is 0.223 e.